The first-order valence-electron chi connectivity index (χ1n) is 6.48. The van der Waals surface area contributed by atoms with Gasteiger partial charge in [-0.05, 0) is 30.7 Å². The number of nitrogens with two attached hydrogens (primary N) is 1. The largest absolute Gasteiger partial charge is 0.493 e. The molecular formula is C14H22N2O2. The van der Waals surface area contributed by atoms with Crippen molar-refractivity contribution >= 4 is 0 Å². The lowest BCUT2D eigenvalue weighted by atomic mass is 10.1. The fourth-order valence-electron chi connectivity index (χ4n) is 2.26. The van der Waals surface area contributed by atoms with Crippen molar-refractivity contribution in [2.24, 2.45) is 5.73 Å². The molecule has 0 bridgehead atoms. The van der Waals surface area contributed by atoms with E-state index in [0.717, 1.165) is 38.3 Å². The molecule has 0 saturated carbocycles. The van der Waals surface area contributed by atoms with Crippen molar-refractivity contribution in [3.05, 3.63) is 29.3 Å². The first-order chi connectivity index (χ1) is 8.69. The van der Waals surface area contributed by atoms with E-state index in [1.54, 1.807) is 0 Å². The Morgan fingerprint density at radius 1 is 1.50 bits per heavy atom. The number of nitrogens with zero attached hydrogens (tertiary/aromatic N) is 1. The average Bonchev–Trinajstić information content (AvgIpc) is 2.83. The summed E-state index contributed by atoms with van der Waals surface area (Å²) in [5.74, 6) is 1.04. The van der Waals surface area contributed by atoms with E-state index in [9.17, 15) is 0 Å². The summed E-state index contributed by atoms with van der Waals surface area (Å²) in [7, 11) is 2.03. The number of fused-ring (bicyclic) bond motifs is 1. The summed E-state index contributed by atoms with van der Waals surface area (Å²) in [6.07, 6.45) is 2.02. The van der Waals surface area contributed by atoms with Crippen LogP contribution >= 0.6 is 0 Å². The molecule has 1 unspecified atom stereocenters. The Hall–Kier alpha value is -1.10. The molecule has 100 valence electrons. The van der Waals surface area contributed by atoms with Gasteiger partial charge in [-0.3, -0.25) is 0 Å². The number of rotatable bonds is 6. The number of aliphatic hydroxyl groups is 1. The monoisotopic (exact) mass is 250 g/mol. The zero-order chi connectivity index (χ0) is 13.0. The van der Waals surface area contributed by atoms with Gasteiger partial charge in [0.2, 0.25) is 0 Å². The van der Waals surface area contributed by atoms with Crippen LogP contribution in [0.3, 0.4) is 0 Å². The number of aliphatic hydroxyl groups excluding tert-OH is 1. The first-order valence-corrected chi connectivity index (χ1v) is 6.48. The van der Waals surface area contributed by atoms with E-state index in [0.29, 0.717) is 0 Å². The summed E-state index contributed by atoms with van der Waals surface area (Å²) in [6, 6.07) is 6.28. The van der Waals surface area contributed by atoms with E-state index >= 15 is 0 Å². The minimum Gasteiger partial charge on any atom is -0.493 e. The number of ether oxygens (including phenoxy) is 1. The highest BCUT2D eigenvalue weighted by atomic mass is 16.5. The molecule has 4 nitrogen and oxygen atoms in total. The van der Waals surface area contributed by atoms with Crippen LogP contribution in [0, 0.1) is 0 Å². The van der Waals surface area contributed by atoms with Gasteiger partial charge in [0.15, 0.2) is 0 Å². The second kappa shape index (κ2) is 6.18. The third-order valence-electron chi connectivity index (χ3n) is 3.32. The number of hydrogen-bond donors (Lipinski definition) is 2. The van der Waals surface area contributed by atoms with E-state index in [1.807, 2.05) is 7.05 Å². The van der Waals surface area contributed by atoms with Gasteiger partial charge >= 0.3 is 0 Å². The zero-order valence-electron chi connectivity index (χ0n) is 10.9. The summed E-state index contributed by atoms with van der Waals surface area (Å²) in [5, 5.41) is 8.91. The zero-order valence-corrected chi connectivity index (χ0v) is 10.9. The number of likely N-dealkylation sites (N-methyl/N-ethyl adjacent to an activating group) is 1. The molecule has 18 heavy (non-hydrogen) atoms. The Morgan fingerprint density at radius 2 is 2.33 bits per heavy atom. The van der Waals surface area contributed by atoms with Crippen molar-refractivity contribution in [2.75, 3.05) is 33.4 Å². The molecule has 0 fully saturated rings. The van der Waals surface area contributed by atoms with Gasteiger partial charge in [0, 0.05) is 25.6 Å². The second-order valence-corrected chi connectivity index (χ2v) is 5.00. The summed E-state index contributed by atoms with van der Waals surface area (Å²) in [5.41, 5.74) is 8.37. The highest BCUT2D eigenvalue weighted by molar-refractivity contribution is 5.39. The van der Waals surface area contributed by atoms with Gasteiger partial charge in [0.25, 0.3) is 0 Å². The normalized spacial score (nSPS) is 15.6. The van der Waals surface area contributed by atoms with Gasteiger partial charge in [-0.1, -0.05) is 12.1 Å². The van der Waals surface area contributed by atoms with Crippen molar-refractivity contribution in [1.29, 1.82) is 0 Å². The Morgan fingerprint density at radius 3 is 3.11 bits per heavy atom. The van der Waals surface area contributed by atoms with E-state index in [-0.39, 0.29) is 12.6 Å². The minimum absolute atomic E-state index is 0.0422. The predicted molar refractivity (Wildman–Crippen MR) is 71.9 cm³/mol. The van der Waals surface area contributed by atoms with Gasteiger partial charge in [0.05, 0.1) is 13.2 Å². The molecule has 0 aromatic heterocycles. The standard InChI is InChI=1S/C14H22N2O2/c1-16(9-13(15)10-17)6-4-11-2-3-14-12(8-11)5-7-18-14/h2-3,8,13,17H,4-7,9-10,15H2,1H3. The molecule has 1 aliphatic rings. The van der Waals surface area contributed by atoms with Gasteiger partial charge in [-0.2, -0.15) is 0 Å². The molecule has 1 atom stereocenters. The summed E-state index contributed by atoms with van der Waals surface area (Å²) in [4.78, 5) is 2.16. The van der Waals surface area contributed by atoms with Gasteiger partial charge in [0.1, 0.15) is 5.75 Å². The molecule has 2 rings (SSSR count). The third-order valence-corrected chi connectivity index (χ3v) is 3.32. The maximum Gasteiger partial charge on any atom is 0.122 e. The minimum atomic E-state index is -0.150. The van der Waals surface area contributed by atoms with Gasteiger partial charge < -0.3 is 20.5 Å². The van der Waals surface area contributed by atoms with Crippen LogP contribution in [0.2, 0.25) is 0 Å². The van der Waals surface area contributed by atoms with Crippen LogP contribution in [-0.4, -0.2) is 49.4 Å². The smallest absolute Gasteiger partial charge is 0.122 e. The van der Waals surface area contributed by atoms with Crippen LogP contribution in [-0.2, 0) is 12.8 Å². The van der Waals surface area contributed by atoms with Gasteiger partial charge in [-0.25, -0.2) is 0 Å². The maximum absolute atomic E-state index is 8.91. The number of benzene rings is 1. The third kappa shape index (κ3) is 3.45. The molecule has 0 saturated heterocycles. The van der Waals surface area contributed by atoms with Crippen LogP contribution < -0.4 is 10.5 Å². The van der Waals surface area contributed by atoms with E-state index < -0.39 is 0 Å². The van der Waals surface area contributed by atoms with Crippen molar-refractivity contribution < 1.29 is 9.84 Å². The molecule has 1 aromatic carbocycles. The molecule has 0 amide bonds. The maximum atomic E-state index is 8.91. The van der Waals surface area contributed by atoms with Crippen LogP contribution in [0.5, 0.6) is 5.75 Å². The SMILES string of the molecule is CN(CCc1ccc2c(c1)CCO2)CC(N)CO. The molecule has 4 heteroatoms. The average molecular weight is 250 g/mol. The highest BCUT2D eigenvalue weighted by Crippen LogP contribution is 2.25. The summed E-state index contributed by atoms with van der Waals surface area (Å²) >= 11 is 0. The summed E-state index contributed by atoms with van der Waals surface area (Å²) in [6.45, 7) is 2.53. The Labute approximate surface area is 108 Å². The lowest BCUT2D eigenvalue weighted by Crippen LogP contribution is -2.38. The van der Waals surface area contributed by atoms with E-state index in [1.165, 1.54) is 11.1 Å². The van der Waals surface area contributed by atoms with E-state index in [4.69, 9.17) is 15.6 Å². The first kappa shape index (κ1) is 13.3. The van der Waals surface area contributed by atoms with Crippen LogP contribution in [0.4, 0.5) is 0 Å². The van der Waals surface area contributed by atoms with Crippen molar-refractivity contribution in [2.45, 2.75) is 18.9 Å². The molecule has 1 heterocycles. The fourth-order valence-corrected chi connectivity index (χ4v) is 2.26. The van der Waals surface area contributed by atoms with Crippen molar-refractivity contribution in [3.8, 4) is 5.75 Å². The molecular weight excluding hydrogens is 228 g/mol. The fraction of sp³-hybridized carbons (Fsp3) is 0.571. The molecule has 1 aliphatic heterocycles. The van der Waals surface area contributed by atoms with Gasteiger partial charge in [-0.15, -0.1) is 0 Å². The van der Waals surface area contributed by atoms with Crippen LogP contribution in [0.15, 0.2) is 18.2 Å². The highest BCUT2D eigenvalue weighted by Gasteiger charge is 2.12. The topological polar surface area (TPSA) is 58.7 Å². The predicted octanol–water partition coefficient (Wildman–Crippen LogP) is 0.415. The lowest BCUT2D eigenvalue weighted by Gasteiger charge is -2.19. The summed E-state index contributed by atoms with van der Waals surface area (Å²) < 4.78 is 5.49. The van der Waals surface area contributed by atoms with Crippen LogP contribution in [0.1, 0.15) is 11.1 Å². The van der Waals surface area contributed by atoms with Crippen LogP contribution in [0.25, 0.3) is 0 Å². The van der Waals surface area contributed by atoms with Crippen molar-refractivity contribution in [3.63, 3.8) is 0 Å². The van der Waals surface area contributed by atoms with Crippen molar-refractivity contribution in [1.82, 2.24) is 4.90 Å². The lowest BCUT2D eigenvalue weighted by molar-refractivity contribution is 0.222. The van der Waals surface area contributed by atoms with E-state index in [2.05, 4.69) is 23.1 Å². The second-order valence-electron chi connectivity index (χ2n) is 5.00. The molecule has 0 aliphatic carbocycles. The Kier molecular flexibility index (Phi) is 4.58. The quantitative estimate of drug-likeness (QED) is 0.768. The molecule has 0 spiro atoms. The molecule has 0 radical (unpaired) electrons. The number of hydrogen-bond acceptors (Lipinski definition) is 4. The molecule has 1 aromatic rings. The molecule has 3 N–H and O–H groups in total. The Balaban J connectivity index is 1.83. The Bertz CT molecular complexity index is 395.